The molecule has 22 heavy (non-hydrogen) atoms. The first-order valence-electron chi connectivity index (χ1n) is 7.23. The highest BCUT2D eigenvalue weighted by molar-refractivity contribution is 6.21. The van der Waals surface area contributed by atoms with Crippen molar-refractivity contribution in [3.8, 4) is 0 Å². The Labute approximate surface area is 131 Å². The van der Waals surface area contributed by atoms with Gasteiger partial charge in [-0.05, 0) is 48.9 Å². The molecule has 3 aliphatic rings. The quantitative estimate of drug-likeness (QED) is 0.774. The number of benzene rings is 1. The van der Waals surface area contributed by atoms with Crippen LogP contribution in [0.3, 0.4) is 0 Å². The summed E-state index contributed by atoms with van der Waals surface area (Å²) in [5, 5.41) is 5.11. The Morgan fingerprint density at radius 3 is 2.73 bits per heavy atom. The van der Waals surface area contributed by atoms with Gasteiger partial charge in [-0.1, -0.05) is 12.1 Å². The number of halogens is 4. The summed E-state index contributed by atoms with van der Waals surface area (Å²) >= 11 is 6.54. The van der Waals surface area contributed by atoms with Crippen LogP contribution in [0.15, 0.2) is 18.2 Å². The molecule has 2 aliphatic heterocycles. The molecule has 120 valence electrons. The van der Waals surface area contributed by atoms with Gasteiger partial charge in [0.05, 0.1) is 5.38 Å². The molecule has 3 atom stereocenters. The zero-order valence-corrected chi connectivity index (χ0v) is 12.5. The van der Waals surface area contributed by atoms with Crippen molar-refractivity contribution in [3.05, 3.63) is 29.3 Å². The molecule has 2 heterocycles. The number of nitrogens with one attached hydrogen (secondary N) is 2. The molecule has 0 radical (unpaired) electrons. The third-order valence-electron chi connectivity index (χ3n) is 4.43. The fraction of sp³-hybridized carbons (Fsp3) is 0.533. The number of carbonyl (C=O) groups is 1. The van der Waals surface area contributed by atoms with E-state index in [2.05, 4.69) is 5.32 Å². The minimum absolute atomic E-state index is 0.208. The highest BCUT2D eigenvalue weighted by atomic mass is 35.5. The number of carbonyl (C=O) groups excluding carboxylic acids is 1. The van der Waals surface area contributed by atoms with Gasteiger partial charge in [0.1, 0.15) is 0 Å². The molecule has 2 N–H and O–H groups in total. The Morgan fingerprint density at radius 2 is 2.09 bits per heavy atom. The second-order valence-corrected chi connectivity index (χ2v) is 6.34. The van der Waals surface area contributed by atoms with Gasteiger partial charge in [0, 0.05) is 11.7 Å². The van der Waals surface area contributed by atoms with E-state index in [1.54, 1.807) is 6.07 Å². The van der Waals surface area contributed by atoms with E-state index in [9.17, 15) is 18.0 Å². The van der Waals surface area contributed by atoms with Crippen LogP contribution in [0.25, 0.3) is 0 Å². The second kappa shape index (κ2) is 5.74. The Kier molecular flexibility index (Phi) is 4.07. The Hall–Kier alpha value is -1.27. The van der Waals surface area contributed by atoms with Crippen LogP contribution in [-0.4, -0.2) is 24.7 Å². The number of hydrogen-bond acceptors (Lipinski definition) is 2. The van der Waals surface area contributed by atoms with Crippen molar-refractivity contribution in [2.45, 2.75) is 36.9 Å². The van der Waals surface area contributed by atoms with Crippen LogP contribution >= 0.6 is 11.6 Å². The first-order valence-corrected chi connectivity index (χ1v) is 7.67. The van der Waals surface area contributed by atoms with Crippen molar-refractivity contribution < 1.29 is 18.0 Å². The van der Waals surface area contributed by atoms with Crippen molar-refractivity contribution in [1.82, 2.24) is 5.32 Å². The van der Waals surface area contributed by atoms with Gasteiger partial charge < -0.3 is 10.6 Å². The topological polar surface area (TPSA) is 41.1 Å². The van der Waals surface area contributed by atoms with Crippen LogP contribution in [0.2, 0.25) is 0 Å². The minimum atomic E-state index is -4.90. The lowest BCUT2D eigenvalue weighted by Gasteiger charge is -2.37. The van der Waals surface area contributed by atoms with Gasteiger partial charge in [-0.3, -0.25) is 4.79 Å². The maximum absolute atomic E-state index is 12.5. The largest absolute Gasteiger partial charge is 0.471 e. The number of fused-ring (bicyclic) bond motifs is 2. The van der Waals surface area contributed by atoms with Crippen molar-refractivity contribution in [2.75, 3.05) is 11.9 Å². The van der Waals surface area contributed by atoms with E-state index in [1.165, 1.54) is 6.07 Å². The highest BCUT2D eigenvalue weighted by Crippen LogP contribution is 2.41. The maximum Gasteiger partial charge on any atom is 0.471 e. The van der Waals surface area contributed by atoms with Crippen molar-refractivity contribution >= 4 is 23.2 Å². The van der Waals surface area contributed by atoms with E-state index in [1.807, 2.05) is 11.4 Å². The summed E-state index contributed by atoms with van der Waals surface area (Å²) in [5.41, 5.74) is 1.75. The second-order valence-electron chi connectivity index (χ2n) is 5.87. The van der Waals surface area contributed by atoms with Gasteiger partial charge in [-0.15, -0.1) is 11.6 Å². The summed E-state index contributed by atoms with van der Waals surface area (Å²) in [7, 11) is 0. The molecule has 7 heteroatoms. The fourth-order valence-electron chi connectivity index (χ4n) is 3.26. The number of rotatable bonds is 1. The Morgan fingerprint density at radius 1 is 1.32 bits per heavy atom. The molecule has 1 saturated heterocycles. The average Bonchev–Trinajstić information content (AvgIpc) is 2.46. The van der Waals surface area contributed by atoms with Gasteiger partial charge in [0.25, 0.3) is 0 Å². The van der Waals surface area contributed by atoms with Gasteiger partial charge in [-0.2, -0.15) is 13.2 Å². The summed E-state index contributed by atoms with van der Waals surface area (Å²) in [6, 6.07) is 5.20. The van der Waals surface area contributed by atoms with Gasteiger partial charge >= 0.3 is 12.1 Å². The van der Waals surface area contributed by atoms with E-state index < -0.39 is 12.1 Å². The summed E-state index contributed by atoms with van der Waals surface area (Å²) in [6.07, 6.45) is -2.39. The molecular formula is C15H16ClF3N2O. The van der Waals surface area contributed by atoms with Crippen LogP contribution in [0, 0.1) is 5.92 Å². The van der Waals surface area contributed by atoms with E-state index >= 15 is 0 Å². The molecule has 1 aromatic carbocycles. The van der Waals surface area contributed by atoms with Crippen LogP contribution in [0.1, 0.15) is 29.3 Å². The lowest BCUT2D eigenvalue weighted by molar-refractivity contribution is -0.167. The molecular weight excluding hydrogens is 317 g/mol. The normalized spacial score (nSPS) is 27.7. The monoisotopic (exact) mass is 332 g/mol. The first kappa shape index (κ1) is 15.6. The third-order valence-corrected chi connectivity index (χ3v) is 5.03. The molecule has 0 spiro atoms. The zero-order chi connectivity index (χ0) is 15.9. The number of piperidine rings is 1. The molecule has 2 bridgehead atoms. The van der Waals surface area contributed by atoms with Crippen LogP contribution in [0.4, 0.5) is 18.9 Å². The van der Waals surface area contributed by atoms with E-state index in [0.29, 0.717) is 12.0 Å². The number of anilines is 1. The Balaban J connectivity index is 1.97. The van der Waals surface area contributed by atoms with Gasteiger partial charge in [0.15, 0.2) is 0 Å². The third kappa shape index (κ3) is 2.94. The predicted molar refractivity (Wildman–Crippen MR) is 77.9 cm³/mol. The van der Waals surface area contributed by atoms with Crippen molar-refractivity contribution in [2.24, 2.45) is 5.92 Å². The molecule has 1 aliphatic carbocycles. The molecule has 1 amide bonds. The van der Waals surface area contributed by atoms with Gasteiger partial charge in [-0.25, -0.2) is 0 Å². The lowest BCUT2D eigenvalue weighted by atomic mass is 9.80. The molecule has 1 aromatic rings. The summed E-state index contributed by atoms with van der Waals surface area (Å²) in [5.74, 6) is -1.70. The summed E-state index contributed by atoms with van der Waals surface area (Å²) < 4.78 is 37.5. The van der Waals surface area contributed by atoms with Crippen molar-refractivity contribution in [3.63, 3.8) is 0 Å². The summed E-state index contributed by atoms with van der Waals surface area (Å²) in [4.78, 5) is 11.2. The average molecular weight is 333 g/mol. The SMILES string of the molecule is O=C(Nc1cccc2c1CC1CCC(CN1)C2Cl)C(F)(F)F. The maximum atomic E-state index is 12.5. The van der Waals surface area contributed by atoms with Crippen LogP contribution in [0.5, 0.6) is 0 Å². The Bertz CT molecular complexity index is 583. The molecule has 3 unspecified atom stereocenters. The predicted octanol–water partition coefficient (Wildman–Crippen LogP) is 3.39. The van der Waals surface area contributed by atoms with E-state index in [0.717, 1.165) is 24.9 Å². The first-order chi connectivity index (χ1) is 10.4. The number of amides is 1. The smallest absolute Gasteiger partial charge is 0.318 e. The molecule has 1 fully saturated rings. The highest BCUT2D eigenvalue weighted by Gasteiger charge is 2.40. The molecule has 0 aromatic heterocycles. The van der Waals surface area contributed by atoms with Crippen LogP contribution in [-0.2, 0) is 11.2 Å². The van der Waals surface area contributed by atoms with Crippen LogP contribution < -0.4 is 10.6 Å². The van der Waals surface area contributed by atoms with E-state index in [4.69, 9.17) is 11.6 Å². The van der Waals surface area contributed by atoms with Crippen molar-refractivity contribution in [1.29, 1.82) is 0 Å². The zero-order valence-electron chi connectivity index (χ0n) is 11.7. The standard InChI is InChI=1S/C15H16ClF3N2O/c16-13-8-4-5-9(20-7-8)6-11-10(13)2-1-3-12(11)21-14(22)15(17,18)19/h1-3,8-9,13,20H,4-7H2,(H,21,22). The molecule has 4 rings (SSSR count). The fourth-order valence-corrected chi connectivity index (χ4v) is 3.68. The number of hydrogen-bond donors (Lipinski definition) is 2. The minimum Gasteiger partial charge on any atom is -0.318 e. The van der Waals surface area contributed by atoms with Gasteiger partial charge in [0.2, 0.25) is 0 Å². The summed E-state index contributed by atoms with van der Waals surface area (Å²) in [6.45, 7) is 0.817. The molecule has 3 nitrogen and oxygen atoms in total. The lowest BCUT2D eigenvalue weighted by Crippen LogP contribution is -2.43. The number of alkyl halides is 4. The molecule has 0 saturated carbocycles. The van der Waals surface area contributed by atoms with E-state index in [-0.39, 0.29) is 23.0 Å².